The van der Waals surface area contributed by atoms with Crippen LogP contribution in [0.5, 0.6) is 0 Å². The Morgan fingerprint density at radius 2 is 1.17 bits per heavy atom. The molecule has 0 aromatic heterocycles. The largest absolute Gasteiger partial charge is 0.814 e. The quantitative estimate of drug-likeness (QED) is 0.414. The van der Waals surface area contributed by atoms with Crippen molar-refractivity contribution in [1.29, 1.82) is 0 Å². The van der Waals surface area contributed by atoms with Crippen molar-refractivity contribution < 1.29 is 19.5 Å². The molecule has 0 saturated carbocycles. The van der Waals surface area contributed by atoms with E-state index in [1.165, 1.54) is 6.42 Å². The van der Waals surface area contributed by atoms with Crippen LogP contribution in [0.15, 0.2) is 0 Å². The first kappa shape index (κ1) is 22.7. The fraction of sp³-hybridized carbons (Fsp3) is 0.556. The first-order valence-electron chi connectivity index (χ1n) is 3.67. The summed E-state index contributed by atoms with van der Waals surface area (Å²) in [5.41, 5.74) is 0. The Labute approximate surface area is 89.9 Å². The van der Waals surface area contributed by atoms with Gasteiger partial charge in [0.25, 0.3) is 0 Å². The minimum absolute atomic E-state index is 0. The second-order valence-corrected chi connectivity index (χ2v) is 1.58. The van der Waals surface area contributed by atoms with E-state index < -0.39 is 0 Å². The van der Waals surface area contributed by atoms with Gasteiger partial charge in [0.2, 0.25) is 0 Å². The summed E-state index contributed by atoms with van der Waals surface area (Å²) in [5.74, 6) is 0. The molecule has 12 heavy (non-hydrogen) atoms. The van der Waals surface area contributed by atoms with E-state index in [1.54, 1.807) is 13.8 Å². The predicted octanol–water partition coefficient (Wildman–Crippen LogP) is 3.12. The molecule has 0 aromatic rings. The maximum atomic E-state index is 7.44. The minimum Gasteiger partial charge on any atom is -0.814 e. The fourth-order valence-electron chi connectivity index (χ4n) is 0.177. The van der Waals surface area contributed by atoms with Gasteiger partial charge in [-0.3, -0.25) is 0 Å². The summed E-state index contributed by atoms with van der Waals surface area (Å²) in [6, 6.07) is 0. The summed E-state index contributed by atoms with van der Waals surface area (Å²) in [6.07, 6.45) is 5.23. The minimum atomic E-state index is 0. The molecular formula is C9H18N2Rh-4. The van der Waals surface area contributed by atoms with Gasteiger partial charge in [0.1, 0.15) is 0 Å². The van der Waals surface area contributed by atoms with Crippen LogP contribution in [-0.2, 0) is 19.5 Å². The summed E-state index contributed by atoms with van der Waals surface area (Å²) in [7, 11) is 0. The van der Waals surface area contributed by atoms with E-state index in [4.69, 9.17) is 10.8 Å². The third-order valence-corrected chi connectivity index (χ3v) is 0.500. The molecule has 0 amide bonds. The van der Waals surface area contributed by atoms with E-state index in [0.717, 1.165) is 25.3 Å². The normalized spacial score (nSPS) is 5.67. The van der Waals surface area contributed by atoms with Gasteiger partial charge in [-0.15, -0.1) is 6.42 Å². The van der Waals surface area contributed by atoms with Crippen molar-refractivity contribution in [2.45, 2.75) is 33.1 Å². The molecule has 0 saturated heterocycles. The molecule has 0 aromatic carbocycles. The van der Waals surface area contributed by atoms with Crippen molar-refractivity contribution in [2.75, 3.05) is 0 Å². The number of rotatable bonds is 2. The van der Waals surface area contributed by atoms with Crippen LogP contribution in [0.1, 0.15) is 33.1 Å². The predicted molar refractivity (Wildman–Crippen MR) is 54.8 cm³/mol. The van der Waals surface area contributed by atoms with Gasteiger partial charge in [-0.2, -0.15) is 12.8 Å². The zero-order valence-electron chi connectivity index (χ0n) is 7.92. The second kappa shape index (κ2) is 44.2. The molecule has 0 atom stereocenters. The molecule has 0 aliphatic heterocycles. The Hall–Kier alpha value is -0.0366. The zero-order valence-corrected chi connectivity index (χ0v) is 9.56. The summed E-state index contributed by atoms with van der Waals surface area (Å²) in [6.45, 7) is 10.4. The van der Waals surface area contributed by atoms with Crippen LogP contribution < -0.4 is 0 Å². The summed E-state index contributed by atoms with van der Waals surface area (Å²) < 4.78 is 0. The Bertz CT molecular complexity index is 57.5. The molecule has 0 aliphatic carbocycles. The molecule has 2 nitrogen and oxygen atoms in total. The topological polar surface area (TPSA) is 44.6 Å². The summed E-state index contributed by atoms with van der Waals surface area (Å²) >= 11 is 0. The van der Waals surface area contributed by atoms with Crippen LogP contribution in [0.2, 0.25) is 0 Å². The number of hydrogen-bond acceptors (Lipinski definition) is 0. The number of nitrogens with zero attached hydrogens (tertiary/aromatic N) is 2. The van der Waals surface area contributed by atoms with E-state index in [9.17, 15) is 0 Å². The third-order valence-electron chi connectivity index (χ3n) is 0.500. The van der Waals surface area contributed by atoms with Crippen LogP contribution in [0.25, 0.3) is 10.8 Å². The molecule has 0 rings (SSSR count). The van der Waals surface area contributed by atoms with Crippen LogP contribution in [0.3, 0.4) is 0 Å². The molecule has 0 N–H and O–H groups in total. The van der Waals surface area contributed by atoms with E-state index in [0.29, 0.717) is 0 Å². The molecule has 0 fully saturated rings. The molecule has 0 heterocycles. The molecule has 77 valence electrons. The maximum absolute atomic E-state index is 7.44. The fourth-order valence-corrected chi connectivity index (χ4v) is 0.177. The van der Waals surface area contributed by atoms with Gasteiger partial charge >= 0.3 is 0 Å². The summed E-state index contributed by atoms with van der Waals surface area (Å²) in [4.78, 5) is 0. The van der Waals surface area contributed by atoms with Gasteiger partial charge < -0.3 is 24.7 Å². The number of hydrogen-bond donors (Lipinski definition) is 0. The Morgan fingerprint density at radius 3 is 1.17 bits per heavy atom. The number of unbranched alkanes of at least 4 members (excludes halogenated alkanes) is 2. The van der Waals surface area contributed by atoms with Crippen molar-refractivity contribution in [2.24, 2.45) is 0 Å². The van der Waals surface area contributed by atoms with Gasteiger partial charge in [-0.05, 0) is 0 Å². The molecule has 0 unspecified atom stereocenters. The first-order chi connectivity index (χ1) is 5.24. The van der Waals surface area contributed by atoms with Crippen LogP contribution in [0.4, 0.5) is 0 Å². The maximum Gasteiger partial charge on any atom is 0 e. The molecule has 0 aliphatic rings. The Kier molecular flexibility index (Phi) is 83.5. The van der Waals surface area contributed by atoms with Crippen LogP contribution in [0, 0.1) is 13.8 Å². The van der Waals surface area contributed by atoms with Gasteiger partial charge in [0.05, 0.1) is 0 Å². The van der Waals surface area contributed by atoms with Gasteiger partial charge in [0, 0.05) is 19.5 Å². The van der Waals surface area contributed by atoms with E-state index >= 15 is 0 Å². The average molecular weight is 257 g/mol. The van der Waals surface area contributed by atoms with Crippen molar-refractivity contribution in [1.82, 2.24) is 0 Å². The molecule has 1 radical (unpaired) electrons. The van der Waals surface area contributed by atoms with Crippen molar-refractivity contribution >= 4 is 12.4 Å². The first-order valence-corrected chi connectivity index (χ1v) is 3.67. The van der Waals surface area contributed by atoms with E-state index in [1.807, 2.05) is 0 Å². The van der Waals surface area contributed by atoms with Crippen LogP contribution in [-0.4, -0.2) is 12.4 Å². The van der Waals surface area contributed by atoms with E-state index in [2.05, 4.69) is 13.8 Å². The smallest absolute Gasteiger partial charge is 0 e. The molecule has 0 spiro atoms. The monoisotopic (exact) mass is 257 g/mol. The van der Waals surface area contributed by atoms with Gasteiger partial charge in [0.15, 0.2) is 0 Å². The molecule has 3 heteroatoms. The molecular weight excluding hydrogens is 239 g/mol. The second-order valence-electron chi connectivity index (χ2n) is 1.58. The standard InChI is InChI=1S/C5H10.2C2H4N.Rh/c1-3-5-4-2;2*1-2-3;/h1-5H2;2*2H,1H3;/q-2;2*-1;. The third kappa shape index (κ3) is 208. The SMILES string of the molecule is CC=[N-].CC=[N-].[CH2-]CCC[CH2-].[Rh]. The van der Waals surface area contributed by atoms with Crippen LogP contribution >= 0.6 is 0 Å². The van der Waals surface area contributed by atoms with Crippen molar-refractivity contribution in [3.8, 4) is 0 Å². The van der Waals surface area contributed by atoms with E-state index in [-0.39, 0.29) is 19.5 Å². The van der Waals surface area contributed by atoms with Crippen molar-refractivity contribution in [3.63, 3.8) is 0 Å². The van der Waals surface area contributed by atoms with Crippen molar-refractivity contribution in [3.05, 3.63) is 24.7 Å². The van der Waals surface area contributed by atoms with Gasteiger partial charge in [-0.25, -0.2) is 12.4 Å². The average Bonchev–Trinajstić information content (AvgIpc) is 1.92. The summed E-state index contributed by atoms with van der Waals surface area (Å²) in [5, 5.41) is 14.9. The zero-order chi connectivity index (χ0) is 9.54. The molecule has 0 bridgehead atoms. The Balaban J connectivity index is -0.0000000406. The Morgan fingerprint density at radius 1 is 1.00 bits per heavy atom. The van der Waals surface area contributed by atoms with Gasteiger partial charge in [-0.1, -0.05) is 13.8 Å².